The average Bonchev–Trinajstić information content (AvgIpc) is 3.28. The molecule has 33 heavy (non-hydrogen) atoms. The lowest BCUT2D eigenvalue weighted by Gasteiger charge is -2.17. The molecule has 0 saturated heterocycles. The van der Waals surface area contributed by atoms with E-state index in [4.69, 9.17) is 4.42 Å². The van der Waals surface area contributed by atoms with E-state index in [0.29, 0.717) is 16.9 Å². The molecule has 0 unspecified atom stereocenters. The SMILES string of the molecule is CC1=C(c2ccc(F)cc2)S(=O)(=O)N(Cc2ccc(C(=O)NCc3ccc(C)o3)cc2)C1=O. The number of halogens is 1. The van der Waals surface area contributed by atoms with Crippen LogP contribution in [0.2, 0.25) is 0 Å². The second kappa shape index (κ2) is 8.67. The molecule has 2 amide bonds. The van der Waals surface area contributed by atoms with E-state index in [0.717, 1.165) is 22.2 Å². The van der Waals surface area contributed by atoms with E-state index in [1.165, 1.54) is 19.1 Å². The number of benzene rings is 2. The summed E-state index contributed by atoms with van der Waals surface area (Å²) in [6, 6.07) is 14.9. The number of furan rings is 1. The van der Waals surface area contributed by atoms with Crippen LogP contribution in [0.1, 0.15) is 39.9 Å². The van der Waals surface area contributed by atoms with Crippen LogP contribution >= 0.6 is 0 Å². The van der Waals surface area contributed by atoms with Gasteiger partial charge in [-0.25, -0.2) is 17.1 Å². The Labute approximate surface area is 190 Å². The number of amides is 2. The fourth-order valence-electron chi connectivity index (χ4n) is 3.60. The van der Waals surface area contributed by atoms with Gasteiger partial charge in [0.1, 0.15) is 22.2 Å². The van der Waals surface area contributed by atoms with Gasteiger partial charge in [-0.2, -0.15) is 0 Å². The van der Waals surface area contributed by atoms with E-state index in [1.807, 2.05) is 13.0 Å². The summed E-state index contributed by atoms with van der Waals surface area (Å²) in [7, 11) is -4.10. The number of hydrogen-bond donors (Lipinski definition) is 1. The van der Waals surface area contributed by atoms with Crippen LogP contribution in [0.5, 0.6) is 0 Å². The lowest BCUT2D eigenvalue weighted by molar-refractivity contribution is -0.122. The maximum atomic E-state index is 13.3. The maximum Gasteiger partial charge on any atom is 0.268 e. The fourth-order valence-corrected chi connectivity index (χ4v) is 5.40. The van der Waals surface area contributed by atoms with Crippen molar-refractivity contribution in [1.82, 2.24) is 9.62 Å². The standard InChI is InChI=1S/C24H21FN2O5S/c1-15-3-12-21(32-15)13-26-23(28)19-6-4-17(5-7-19)14-27-24(29)16(2)22(33(27,30)31)18-8-10-20(25)11-9-18/h3-12H,13-14H2,1-2H3,(H,26,28). The molecule has 2 aromatic carbocycles. The monoisotopic (exact) mass is 468 g/mol. The first-order chi connectivity index (χ1) is 15.7. The molecule has 0 radical (unpaired) electrons. The molecule has 0 spiro atoms. The molecule has 4 rings (SSSR count). The maximum absolute atomic E-state index is 13.3. The van der Waals surface area contributed by atoms with Crippen LogP contribution in [0.25, 0.3) is 4.91 Å². The van der Waals surface area contributed by atoms with Crippen molar-refractivity contribution in [3.8, 4) is 0 Å². The second-order valence-corrected chi connectivity index (χ2v) is 9.47. The number of nitrogens with zero attached hydrogens (tertiary/aromatic N) is 1. The summed E-state index contributed by atoms with van der Waals surface area (Å²) in [4.78, 5) is 24.9. The number of nitrogens with one attached hydrogen (secondary N) is 1. The van der Waals surface area contributed by atoms with Gasteiger partial charge in [0.25, 0.3) is 21.8 Å². The quantitative estimate of drug-likeness (QED) is 0.594. The Balaban J connectivity index is 1.47. The molecular weight excluding hydrogens is 447 g/mol. The molecule has 0 bridgehead atoms. The third-order valence-corrected chi connectivity index (χ3v) is 7.24. The van der Waals surface area contributed by atoms with Crippen LogP contribution < -0.4 is 5.32 Å². The fraction of sp³-hybridized carbons (Fsp3) is 0.167. The van der Waals surface area contributed by atoms with Crippen LogP contribution in [0.4, 0.5) is 4.39 Å². The Morgan fingerprint density at radius 1 is 1.00 bits per heavy atom. The summed E-state index contributed by atoms with van der Waals surface area (Å²) in [6.07, 6.45) is 0. The number of aryl methyl sites for hydroxylation is 1. The Morgan fingerprint density at radius 3 is 2.27 bits per heavy atom. The van der Waals surface area contributed by atoms with Crippen LogP contribution in [0, 0.1) is 12.7 Å². The van der Waals surface area contributed by atoms with Crippen LogP contribution in [-0.2, 0) is 27.9 Å². The predicted molar refractivity (Wildman–Crippen MR) is 120 cm³/mol. The first kappa shape index (κ1) is 22.5. The summed E-state index contributed by atoms with van der Waals surface area (Å²) in [5.74, 6) is -0.0576. The van der Waals surface area contributed by atoms with Gasteiger partial charge in [-0.05, 0) is 61.4 Å². The topological polar surface area (TPSA) is 96.7 Å². The Morgan fingerprint density at radius 2 is 1.67 bits per heavy atom. The minimum absolute atomic E-state index is 0.0748. The van der Waals surface area contributed by atoms with Crippen molar-refractivity contribution in [3.63, 3.8) is 0 Å². The summed E-state index contributed by atoms with van der Waals surface area (Å²) in [6.45, 7) is 3.31. The molecule has 1 N–H and O–H groups in total. The van der Waals surface area contributed by atoms with E-state index in [2.05, 4.69) is 5.32 Å². The molecule has 9 heteroatoms. The smallest absolute Gasteiger partial charge is 0.268 e. The number of hydrogen-bond acceptors (Lipinski definition) is 5. The number of rotatable bonds is 6. The first-order valence-corrected chi connectivity index (χ1v) is 11.6. The van der Waals surface area contributed by atoms with E-state index < -0.39 is 21.7 Å². The van der Waals surface area contributed by atoms with E-state index in [9.17, 15) is 22.4 Å². The molecule has 1 aromatic heterocycles. The zero-order chi connectivity index (χ0) is 23.8. The molecule has 7 nitrogen and oxygen atoms in total. The molecule has 1 aliphatic rings. The van der Waals surface area contributed by atoms with E-state index >= 15 is 0 Å². The molecule has 3 aromatic rings. The largest absolute Gasteiger partial charge is 0.465 e. The summed E-state index contributed by atoms with van der Waals surface area (Å²) in [5.41, 5.74) is 1.26. The van der Waals surface area contributed by atoms with Gasteiger partial charge >= 0.3 is 0 Å². The minimum atomic E-state index is -4.10. The van der Waals surface area contributed by atoms with Crippen LogP contribution in [0.3, 0.4) is 0 Å². The van der Waals surface area contributed by atoms with Crippen molar-refractivity contribution < 1.29 is 26.8 Å². The van der Waals surface area contributed by atoms with Crippen molar-refractivity contribution in [3.05, 3.63) is 100 Å². The van der Waals surface area contributed by atoms with Crippen molar-refractivity contribution in [1.29, 1.82) is 0 Å². The molecule has 0 aliphatic carbocycles. The summed E-state index contributed by atoms with van der Waals surface area (Å²) >= 11 is 0. The Bertz CT molecular complexity index is 1360. The van der Waals surface area contributed by atoms with Gasteiger partial charge in [0.05, 0.1) is 13.1 Å². The minimum Gasteiger partial charge on any atom is -0.465 e. The molecule has 1 aliphatic heterocycles. The van der Waals surface area contributed by atoms with Gasteiger partial charge in [-0.1, -0.05) is 24.3 Å². The molecule has 0 fully saturated rings. The highest BCUT2D eigenvalue weighted by atomic mass is 32.2. The zero-order valence-electron chi connectivity index (χ0n) is 18.0. The Hall–Kier alpha value is -3.72. The summed E-state index contributed by atoms with van der Waals surface area (Å²) < 4.78 is 45.6. The third-order valence-electron chi connectivity index (χ3n) is 5.30. The van der Waals surface area contributed by atoms with Gasteiger partial charge in [0, 0.05) is 11.1 Å². The summed E-state index contributed by atoms with van der Waals surface area (Å²) in [5, 5.41) is 2.75. The average molecular weight is 469 g/mol. The Kier molecular flexibility index (Phi) is 5.90. The van der Waals surface area contributed by atoms with Gasteiger partial charge in [-0.3, -0.25) is 9.59 Å². The van der Waals surface area contributed by atoms with E-state index in [1.54, 1.807) is 30.3 Å². The van der Waals surface area contributed by atoms with Gasteiger partial charge in [0.2, 0.25) is 0 Å². The predicted octanol–water partition coefficient (Wildman–Crippen LogP) is 3.76. The molecule has 0 atom stereocenters. The van der Waals surface area contributed by atoms with Crippen molar-refractivity contribution >= 4 is 26.7 Å². The van der Waals surface area contributed by atoms with Crippen molar-refractivity contribution in [2.24, 2.45) is 0 Å². The zero-order valence-corrected chi connectivity index (χ0v) is 18.8. The lowest BCUT2D eigenvalue weighted by Crippen LogP contribution is -2.31. The third kappa shape index (κ3) is 4.45. The molecular formula is C24H21FN2O5S. The van der Waals surface area contributed by atoms with Crippen molar-refractivity contribution in [2.75, 3.05) is 0 Å². The molecule has 0 saturated carbocycles. The molecule has 2 heterocycles. The highest BCUT2D eigenvalue weighted by molar-refractivity contribution is 7.99. The highest BCUT2D eigenvalue weighted by Gasteiger charge is 2.42. The van der Waals surface area contributed by atoms with Crippen LogP contribution in [0.15, 0.2) is 70.7 Å². The normalized spacial score (nSPS) is 15.2. The van der Waals surface area contributed by atoms with Gasteiger partial charge in [0.15, 0.2) is 0 Å². The first-order valence-electron chi connectivity index (χ1n) is 10.1. The van der Waals surface area contributed by atoms with Crippen LogP contribution in [-0.4, -0.2) is 24.5 Å². The second-order valence-electron chi connectivity index (χ2n) is 7.67. The van der Waals surface area contributed by atoms with Gasteiger partial charge in [-0.15, -0.1) is 0 Å². The lowest BCUT2D eigenvalue weighted by atomic mass is 10.1. The molecule has 170 valence electrons. The number of sulfonamides is 1. The van der Waals surface area contributed by atoms with Gasteiger partial charge < -0.3 is 9.73 Å². The number of carbonyl (C=O) groups excluding carboxylic acids is 2. The van der Waals surface area contributed by atoms with E-state index in [-0.39, 0.29) is 35.0 Å². The highest BCUT2D eigenvalue weighted by Crippen LogP contribution is 2.36. The number of carbonyl (C=O) groups is 2. The van der Waals surface area contributed by atoms with Crippen molar-refractivity contribution in [2.45, 2.75) is 26.9 Å².